The molecule has 0 fully saturated rings. The quantitative estimate of drug-likeness (QED) is 0.796. The molecule has 2 aromatic rings. The van der Waals surface area contributed by atoms with Crippen LogP contribution in [0.2, 0.25) is 0 Å². The number of hydrogen-bond donors (Lipinski definition) is 1. The summed E-state index contributed by atoms with van der Waals surface area (Å²) >= 11 is 3.30. The van der Waals surface area contributed by atoms with Crippen LogP contribution in [-0.4, -0.2) is 29.1 Å². The van der Waals surface area contributed by atoms with Crippen molar-refractivity contribution in [3.05, 3.63) is 57.8 Å². The largest absolute Gasteiger partial charge is 0.401 e. The van der Waals surface area contributed by atoms with Gasteiger partial charge in [-0.2, -0.15) is 13.2 Å². The standard InChI is InChI=1S/C16H15BrF3N3/c17-11-1-4-14(22-8-11)15-13-3-2-12(21)7-10(13)5-6-23(15)9-16(18,19)20/h1-4,7-8,15H,5-6,9,21H2. The van der Waals surface area contributed by atoms with E-state index in [1.54, 1.807) is 24.4 Å². The number of alkyl halides is 3. The fourth-order valence-electron chi connectivity index (χ4n) is 2.99. The number of aromatic nitrogens is 1. The van der Waals surface area contributed by atoms with Gasteiger partial charge in [-0.05, 0) is 57.7 Å². The van der Waals surface area contributed by atoms with Crippen molar-refractivity contribution in [3.8, 4) is 0 Å². The van der Waals surface area contributed by atoms with Gasteiger partial charge < -0.3 is 5.73 Å². The van der Waals surface area contributed by atoms with Crippen LogP contribution >= 0.6 is 15.9 Å². The van der Waals surface area contributed by atoms with Gasteiger partial charge in [0.15, 0.2) is 0 Å². The normalized spacial score (nSPS) is 18.7. The zero-order valence-corrected chi connectivity index (χ0v) is 13.7. The molecule has 0 radical (unpaired) electrons. The smallest absolute Gasteiger partial charge is 0.399 e. The second kappa shape index (κ2) is 6.13. The molecule has 0 saturated carbocycles. The third-order valence-corrected chi connectivity index (χ3v) is 4.38. The third-order valence-electron chi connectivity index (χ3n) is 3.91. The average molecular weight is 386 g/mol. The van der Waals surface area contributed by atoms with E-state index < -0.39 is 18.8 Å². The van der Waals surface area contributed by atoms with Crippen molar-refractivity contribution in [2.24, 2.45) is 0 Å². The first-order chi connectivity index (χ1) is 10.8. The van der Waals surface area contributed by atoms with Gasteiger partial charge in [-0.25, -0.2) is 0 Å². The van der Waals surface area contributed by atoms with E-state index in [0.717, 1.165) is 15.6 Å². The molecule has 2 heterocycles. The highest BCUT2D eigenvalue weighted by Gasteiger charge is 2.38. The molecule has 0 saturated heterocycles. The minimum absolute atomic E-state index is 0.318. The Morgan fingerprint density at radius 1 is 1.26 bits per heavy atom. The highest BCUT2D eigenvalue weighted by molar-refractivity contribution is 9.10. The number of pyridine rings is 1. The average Bonchev–Trinajstić information content (AvgIpc) is 2.47. The minimum Gasteiger partial charge on any atom is -0.399 e. The summed E-state index contributed by atoms with van der Waals surface area (Å²) in [6, 6.07) is 8.40. The molecule has 1 aromatic heterocycles. The monoisotopic (exact) mass is 385 g/mol. The van der Waals surface area contributed by atoms with Gasteiger partial charge in [0.2, 0.25) is 0 Å². The Morgan fingerprint density at radius 3 is 2.70 bits per heavy atom. The summed E-state index contributed by atoms with van der Waals surface area (Å²) in [7, 11) is 0. The summed E-state index contributed by atoms with van der Waals surface area (Å²) < 4.78 is 39.6. The lowest BCUT2D eigenvalue weighted by atomic mass is 9.90. The molecule has 1 unspecified atom stereocenters. The van der Waals surface area contributed by atoms with Gasteiger partial charge >= 0.3 is 6.18 Å². The molecule has 0 aliphatic carbocycles. The Balaban J connectivity index is 2.05. The van der Waals surface area contributed by atoms with E-state index in [0.29, 0.717) is 24.3 Å². The van der Waals surface area contributed by atoms with Crippen molar-refractivity contribution in [1.29, 1.82) is 0 Å². The Bertz CT molecular complexity index is 701. The second-order valence-electron chi connectivity index (χ2n) is 5.60. The number of anilines is 1. The topological polar surface area (TPSA) is 42.1 Å². The Hall–Kier alpha value is -1.60. The molecule has 7 heteroatoms. The summed E-state index contributed by atoms with van der Waals surface area (Å²) in [5.74, 6) is 0. The van der Waals surface area contributed by atoms with Crippen LogP contribution in [0.15, 0.2) is 41.0 Å². The lowest BCUT2D eigenvalue weighted by Gasteiger charge is -2.37. The summed E-state index contributed by atoms with van der Waals surface area (Å²) in [6.45, 7) is -0.641. The molecule has 122 valence electrons. The molecule has 1 aromatic carbocycles. The first-order valence-corrected chi connectivity index (χ1v) is 7.93. The summed E-state index contributed by atoms with van der Waals surface area (Å²) in [4.78, 5) is 5.74. The third kappa shape index (κ3) is 3.67. The predicted octanol–water partition coefficient (Wildman–Crippen LogP) is 3.94. The summed E-state index contributed by atoms with van der Waals surface area (Å²) in [5.41, 5.74) is 8.85. The second-order valence-corrected chi connectivity index (χ2v) is 6.51. The van der Waals surface area contributed by atoms with Gasteiger partial charge in [0.05, 0.1) is 18.3 Å². The number of nitrogens with two attached hydrogens (primary N) is 1. The van der Waals surface area contributed by atoms with Gasteiger partial charge in [-0.15, -0.1) is 0 Å². The van der Waals surface area contributed by atoms with Crippen LogP contribution in [0.25, 0.3) is 0 Å². The fourth-order valence-corrected chi connectivity index (χ4v) is 3.23. The minimum atomic E-state index is -4.25. The molecule has 1 aliphatic rings. The molecule has 0 amide bonds. The van der Waals surface area contributed by atoms with Crippen molar-refractivity contribution >= 4 is 21.6 Å². The number of nitrogen functional groups attached to an aromatic ring is 1. The maximum Gasteiger partial charge on any atom is 0.401 e. The Kier molecular flexibility index (Phi) is 4.33. The molecule has 1 aliphatic heterocycles. The number of benzene rings is 1. The number of hydrogen-bond acceptors (Lipinski definition) is 3. The van der Waals surface area contributed by atoms with E-state index in [1.165, 1.54) is 4.90 Å². The SMILES string of the molecule is Nc1ccc2c(c1)CCN(CC(F)(F)F)C2c1ccc(Br)cn1. The highest BCUT2D eigenvalue weighted by atomic mass is 79.9. The van der Waals surface area contributed by atoms with E-state index in [2.05, 4.69) is 20.9 Å². The maximum absolute atomic E-state index is 12.9. The fraction of sp³-hybridized carbons (Fsp3) is 0.312. The lowest BCUT2D eigenvalue weighted by Crippen LogP contribution is -2.42. The Morgan fingerprint density at radius 2 is 2.04 bits per heavy atom. The van der Waals surface area contributed by atoms with Crippen LogP contribution in [0.1, 0.15) is 22.9 Å². The van der Waals surface area contributed by atoms with Crippen molar-refractivity contribution < 1.29 is 13.2 Å². The van der Waals surface area contributed by atoms with E-state index in [9.17, 15) is 13.2 Å². The molecular weight excluding hydrogens is 371 g/mol. The number of halogens is 4. The molecule has 0 spiro atoms. The number of nitrogens with zero attached hydrogens (tertiary/aromatic N) is 2. The van der Waals surface area contributed by atoms with Crippen LogP contribution in [0.3, 0.4) is 0 Å². The van der Waals surface area contributed by atoms with E-state index in [1.807, 2.05) is 12.1 Å². The molecule has 3 rings (SSSR count). The van der Waals surface area contributed by atoms with Gasteiger partial charge in [0.25, 0.3) is 0 Å². The first-order valence-electron chi connectivity index (χ1n) is 7.14. The molecular formula is C16H15BrF3N3. The van der Waals surface area contributed by atoms with Crippen LogP contribution in [-0.2, 0) is 6.42 Å². The Labute approximate surface area is 140 Å². The van der Waals surface area contributed by atoms with Crippen LogP contribution in [0.5, 0.6) is 0 Å². The van der Waals surface area contributed by atoms with Crippen molar-refractivity contribution in [3.63, 3.8) is 0 Å². The zero-order valence-electron chi connectivity index (χ0n) is 12.1. The summed E-state index contributed by atoms with van der Waals surface area (Å²) in [6.07, 6.45) is -2.10. The molecule has 3 nitrogen and oxygen atoms in total. The van der Waals surface area contributed by atoms with Crippen LogP contribution in [0, 0.1) is 0 Å². The number of rotatable bonds is 2. The lowest BCUT2D eigenvalue weighted by molar-refractivity contribution is -0.150. The summed E-state index contributed by atoms with van der Waals surface area (Å²) in [5, 5.41) is 0. The van der Waals surface area contributed by atoms with Crippen LogP contribution in [0.4, 0.5) is 18.9 Å². The molecule has 23 heavy (non-hydrogen) atoms. The van der Waals surface area contributed by atoms with E-state index in [4.69, 9.17) is 5.73 Å². The predicted molar refractivity (Wildman–Crippen MR) is 86.0 cm³/mol. The first kappa shape index (κ1) is 16.3. The highest BCUT2D eigenvalue weighted by Crippen LogP contribution is 2.37. The zero-order chi connectivity index (χ0) is 16.6. The van der Waals surface area contributed by atoms with Crippen molar-refractivity contribution in [1.82, 2.24) is 9.88 Å². The van der Waals surface area contributed by atoms with E-state index >= 15 is 0 Å². The van der Waals surface area contributed by atoms with Crippen molar-refractivity contribution in [2.45, 2.75) is 18.6 Å². The maximum atomic E-state index is 12.9. The van der Waals surface area contributed by atoms with Gasteiger partial charge in [-0.3, -0.25) is 9.88 Å². The molecule has 0 bridgehead atoms. The molecule has 2 N–H and O–H groups in total. The molecule has 1 atom stereocenters. The van der Waals surface area contributed by atoms with Gasteiger partial charge in [-0.1, -0.05) is 6.07 Å². The van der Waals surface area contributed by atoms with Gasteiger partial charge in [0, 0.05) is 22.9 Å². The number of fused-ring (bicyclic) bond motifs is 1. The van der Waals surface area contributed by atoms with E-state index in [-0.39, 0.29) is 0 Å². The van der Waals surface area contributed by atoms with Gasteiger partial charge in [0.1, 0.15) is 0 Å². The van der Waals surface area contributed by atoms with Crippen LogP contribution < -0.4 is 5.73 Å². The van der Waals surface area contributed by atoms with Crippen molar-refractivity contribution in [2.75, 3.05) is 18.8 Å².